The van der Waals surface area contributed by atoms with Gasteiger partial charge in [-0.2, -0.15) is 12.6 Å². The number of hydrogen-bond acceptors (Lipinski definition) is 3. The number of hydrogen-bond donors (Lipinski definition) is 1. The number of unbranched alkanes of at least 4 members (excludes halogenated alkanes) is 1. The van der Waals surface area contributed by atoms with E-state index in [-0.39, 0.29) is 0 Å². The van der Waals surface area contributed by atoms with Crippen LogP contribution in [0.1, 0.15) is 30.6 Å². The van der Waals surface area contributed by atoms with Crippen molar-refractivity contribution in [3.8, 4) is 0 Å². The van der Waals surface area contributed by atoms with Crippen molar-refractivity contribution in [2.24, 2.45) is 0 Å². The molecule has 0 aromatic carbocycles. The van der Waals surface area contributed by atoms with Crippen LogP contribution in [-0.4, -0.2) is 23.2 Å². The maximum Gasteiger partial charge on any atom is 0.0330 e. The van der Waals surface area contributed by atoms with Gasteiger partial charge in [-0.1, -0.05) is 6.07 Å². The summed E-state index contributed by atoms with van der Waals surface area (Å²) in [5.41, 5.74) is 0. The SMILES string of the molecule is SCCCCN(Cc1cccs1)C1CC1. The fourth-order valence-electron chi connectivity index (χ4n) is 1.86. The van der Waals surface area contributed by atoms with Gasteiger partial charge < -0.3 is 0 Å². The summed E-state index contributed by atoms with van der Waals surface area (Å²) in [4.78, 5) is 4.16. The van der Waals surface area contributed by atoms with Crippen molar-refractivity contribution in [1.29, 1.82) is 0 Å². The van der Waals surface area contributed by atoms with Gasteiger partial charge in [0, 0.05) is 17.5 Å². The Bertz CT molecular complexity index is 267. The lowest BCUT2D eigenvalue weighted by Crippen LogP contribution is -2.26. The van der Waals surface area contributed by atoms with Crippen molar-refractivity contribution in [3.05, 3.63) is 22.4 Å². The Balaban J connectivity index is 1.78. The van der Waals surface area contributed by atoms with Crippen molar-refractivity contribution in [1.82, 2.24) is 4.90 Å². The second-order valence-electron chi connectivity index (χ2n) is 4.21. The normalized spacial score (nSPS) is 16.1. The summed E-state index contributed by atoms with van der Waals surface area (Å²) in [6.45, 7) is 2.41. The van der Waals surface area contributed by atoms with E-state index in [1.807, 2.05) is 11.3 Å². The van der Waals surface area contributed by atoms with E-state index in [9.17, 15) is 0 Å². The zero-order valence-corrected chi connectivity index (χ0v) is 10.8. The van der Waals surface area contributed by atoms with Crippen LogP contribution in [-0.2, 0) is 6.54 Å². The maximum absolute atomic E-state index is 4.26. The Kier molecular flexibility index (Phi) is 4.54. The summed E-state index contributed by atoms with van der Waals surface area (Å²) in [6, 6.07) is 5.28. The van der Waals surface area contributed by atoms with Gasteiger partial charge >= 0.3 is 0 Å². The van der Waals surface area contributed by atoms with Crippen LogP contribution in [0.15, 0.2) is 17.5 Å². The number of thiol groups is 1. The van der Waals surface area contributed by atoms with Gasteiger partial charge in [-0.3, -0.25) is 4.90 Å². The van der Waals surface area contributed by atoms with Gasteiger partial charge in [-0.15, -0.1) is 11.3 Å². The van der Waals surface area contributed by atoms with Crippen LogP contribution in [0.3, 0.4) is 0 Å². The van der Waals surface area contributed by atoms with E-state index in [2.05, 4.69) is 35.0 Å². The van der Waals surface area contributed by atoms with Crippen molar-refractivity contribution in [3.63, 3.8) is 0 Å². The number of thiophene rings is 1. The van der Waals surface area contributed by atoms with Gasteiger partial charge in [0.05, 0.1) is 0 Å². The molecule has 15 heavy (non-hydrogen) atoms. The third-order valence-corrected chi connectivity index (χ3v) is 4.03. The molecular weight excluding hydrogens is 222 g/mol. The van der Waals surface area contributed by atoms with E-state index in [0.717, 1.165) is 18.3 Å². The first-order valence-corrected chi connectivity index (χ1v) is 7.28. The largest absolute Gasteiger partial charge is 0.295 e. The van der Waals surface area contributed by atoms with Gasteiger partial charge in [0.1, 0.15) is 0 Å². The minimum absolute atomic E-state index is 0.881. The first kappa shape index (κ1) is 11.5. The molecule has 0 amide bonds. The summed E-state index contributed by atoms with van der Waals surface area (Å²) in [7, 11) is 0. The zero-order chi connectivity index (χ0) is 10.5. The van der Waals surface area contributed by atoms with E-state index in [1.165, 1.54) is 37.1 Å². The fraction of sp³-hybridized carbons (Fsp3) is 0.667. The summed E-state index contributed by atoms with van der Waals surface area (Å²) < 4.78 is 0. The quantitative estimate of drug-likeness (QED) is 0.565. The lowest BCUT2D eigenvalue weighted by atomic mass is 10.3. The molecule has 1 nitrogen and oxygen atoms in total. The van der Waals surface area contributed by atoms with E-state index >= 15 is 0 Å². The van der Waals surface area contributed by atoms with Crippen LogP contribution in [0.4, 0.5) is 0 Å². The maximum atomic E-state index is 4.26. The molecule has 1 aromatic rings. The second-order valence-corrected chi connectivity index (χ2v) is 5.69. The highest BCUT2D eigenvalue weighted by Crippen LogP contribution is 2.29. The summed E-state index contributed by atoms with van der Waals surface area (Å²) in [6.07, 6.45) is 5.36. The predicted octanol–water partition coefficient (Wildman–Crippen LogP) is 3.42. The van der Waals surface area contributed by atoms with Crippen LogP contribution in [0.2, 0.25) is 0 Å². The molecule has 0 aliphatic heterocycles. The molecule has 1 heterocycles. The molecule has 3 heteroatoms. The van der Waals surface area contributed by atoms with Crippen LogP contribution in [0, 0.1) is 0 Å². The first-order chi connectivity index (χ1) is 7.40. The van der Waals surface area contributed by atoms with Crippen molar-refractivity contribution in [2.45, 2.75) is 38.3 Å². The highest BCUT2D eigenvalue weighted by Gasteiger charge is 2.28. The van der Waals surface area contributed by atoms with Gasteiger partial charge in [-0.05, 0) is 49.4 Å². The molecule has 1 aromatic heterocycles. The summed E-state index contributed by atoms with van der Waals surface area (Å²) in [5.74, 6) is 1.03. The third kappa shape index (κ3) is 3.82. The number of rotatable bonds is 7. The van der Waals surface area contributed by atoms with Crippen LogP contribution in [0.25, 0.3) is 0 Å². The molecule has 1 saturated carbocycles. The molecule has 0 bridgehead atoms. The van der Waals surface area contributed by atoms with E-state index < -0.39 is 0 Å². The standard InChI is InChI=1S/C12H19NS2/c14-8-2-1-7-13(11-5-6-11)10-12-4-3-9-15-12/h3-4,9,11,14H,1-2,5-8,10H2. The lowest BCUT2D eigenvalue weighted by Gasteiger charge is -2.20. The molecule has 0 atom stereocenters. The molecule has 0 saturated heterocycles. The molecular formula is C12H19NS2. The monoisotopic (exact) mass is 241 g/mol. The molecule has 84 valence electrons. The Morgan fingerprint density at radius 3 is 2.87 bits per heavy atom. The predicted molar refractivity (Wildman–Crippen MR) is 70.8 cm³/mol. The fourth-order valence-corrected chi connectivity index (χ4v) is 2.81. The minimum atomic E-state index is 0.881. The Morgan fingerprint density at radius 1 is 1.40 bits per heavy atom. The molecule has 2 rings (SSSR count). The van der Waals surface area contributed by atoms with Crippen LogP contribution < -0.4 is 0 Å². The van der Waals surface area contributed by atoms with Crippen molar-refractivity contribution in [2.75, 3.05) is 12.3 Å². The zero-order valence-electron chi connectivity index (χ0n) is 9.06. The van der Waals surface area contributed by atoms with Gasteiger partial charge in [0.25, 0.3) is 0 Å². The van der Waals surface area contributed by atoms with Gasteiger partial charge in [0.2, 0.25) is 0 Å². The molecule has 1 aliphatic rings. The van der Waals surface area contributed by atoms with Crippen molar-refractivity contribution >= 4 is 24.0 Å². The molecule has 0 spiro atoms. The average Bonchev–Trinajstić information content (AvgIpc) is 2.97. The molecule has 0 N–H and O–H groups in total. The van der Waals surface area contributed by atoms with E-state index in [1.54, 1.807) is 0 Å². The summed E-state index contributed by atoms with van der Waals surface area (Å²) >= 11 is 6.14. The molecule has 0 radical (unpaired) electrons. The highest BCUT2D eigenvalue weighted by molar-refractivity contribution is 7.80. The average molecular weight is 241 g/mol. The minimum Gasteiger partial charge on any atom is -0.295 e. The Morgan fingerprint density at radius 2 is 2.27 bits per heavy atom. The Hall–Kier alpha value is 0.01000. The molecule has 1 aliphatic carbocycles. The van der Waals surface area contributed by atoms with Gasteiger partial charge in [0.15, 0.2) is 0 Å². The molecule has 1 fully saturated rings. The topological polar surface area (TPSA) is 3.24 Å². The third-order valence-electron chi connectivity index (χ3n) is 2.86. The van der Waals surface area contributed by atoms with Crippen molar-refractivity contribution < 1.29 is 0 Å². The van der Waals surface area contributed by atoms with Crippen LogP contribution >= 0.6 is 24.0 Å². The first-order valence-electron chi connectivity index (χ1n) is 5.77. The Labute approximate surface area is 102 Å². The van der Waals surface area contributed by atoms with E-state index in [4.69, 9.17) is 0 Å². The highest BCUT2D eigenvalue weighted by atomic mass is 32.1. The lowest BCUT2D eigenvalue weighted by molar-refractivity contribution is 0.253. The van der Waals surface area contributed by atoms with E-state index in [0.29, 0.717) is 0 Å². The van der Waals surface area contributed by atoms with Gasteiger partial charge in [-0.25, -0.2) is 0 Å². The number of nitrogens with zero attached hydrogens (tertiary/aromatic N) is 1. The van der Waals surface area contributed by atoms with Crippen LogP contribution in [0.5, 0.6) is 0 Å². The summed E-state index contributed by atoms with van der Waals surface area (Å²) in [5, 5.41) is 2.17. The second kappa shape index (κ2) is 5.92. The molecule has 0 unspecified atom stereocenters. The smallest absolute Gasteiger partial charge is 0.0330 e.